The molecular weight excluding hydrogens is 1070 g/mol. The third-order valence-corrected chi connectivity index (χ3v) is 20.9. The quantitative estimate of drug-likeness (QED) is 0.0743. The zero-order valence-electron chi connectivity index (χ0n) is 39.0. The molecule has 0 radical (unpaired) electrons. The van der Waals surface area contributed by atoms with Crippen molar-refractivity contribution in [2.24, 2.45) is 28.2 Å². The van der Waals surface area contributed by atoms with Crippen molar-refractivity contribution in [2.75, 3.05) is 38.0 Å². The van der Waals surface area contributed by atoms with Gasteiger partial charge in [-0.1, -0.05) is 0 Å². The van der Waals surface area contributed by atoms with Crippen LogP contribution in [0, 0.1) is 6.57 Å². The van der Waals surface area contributed by atoms with Gasteiger partial charge < -0.3 is 32.8 Å². The van der Waals surface area contributed by atoms with E-state index >= 15 is 0 Å². The molecular formula is C49H46BrN7O3S8. The van der Waals surface area contributed by atoms with Gasteiger partial charge in [-0.2, -0.15) is 0 Å². The molecule has 0 fully saturated rings. The van der Waals surface area contributed by atoms with Gasteiger partial charge in [-0.15, -0.1) is 90.7 Å². The highest BCUT2D eigenvalue weighted by molar-refractivity contribution is 9.11. The average Bonchev–Trinajstić information content (AvgIpc) is 4.13. The molecule has 0 saturated carbocycles. The van der Waals surface area contributed by atoms with Crippen molar-refractivity contribution < 1.29 is 14.3 Å². The van der Waals surface area contributed by atoms with Crippen LogP contribution in [0.4, 0.5) is 10.0 Å². The normalized spacial score (nSPS) is 12.0. The Morgan fingerprint density at radius 2 is 0.971 bits per heavy atom. The van der Waals surface area contributed by atoms with Crippen molar-refractivity contribution in [2.45, 2.75) is 26.4 Å². The van der Waals surface area contributed by atoms with Crippen LogP contribution in [-0.4, -0.2) is 64.3 Å². The van der Waals surface area contributed by atoms with Crippen LogP contribution < -0.4 is 9.80 Å². The number of fused-ring (bicyclic) bond motifs is 12. The molecule has 10 nitrogen and oxygen atoms in total. The van der Waals surface area contributed by atoms with Gasteiger partial charge in [0, 0.05) is 61.3 Å². The third-order valence-electron chi connectivity index (χ3n) is 11.2. The van der Waals surface area contributed by atoms with Gasteiger partial charge >= 0.3 is 5.97 Å². The predicted molar refractivity (Wildman–Crippen MR) is 307 cm³/mol. The fraction of sp³-hybridized carbons (Fsp3) is 0.245. The molecule has 0 aliphatic rings. The van der Waals surface area contributed by atoms with Crippen molar-refractivity contribution >= 4 is 217 Å². The van der Waals surface area contributed by atoms with Crippen LogP contribution in [0.15, 0.2) is 74.2 Å². The molecule has 0 atom stereocenters. The molecule has 12 aromatic rings. The Bertz CT molecular complexity index is 3870. The number of anilines is 2. The molecule has 19 heteroatoms. The number of rotatable bonds is 5. The number of carbonyl (C=O) groups excluding carboxylic acids is 2. The largest absolute Gasteiger partial charge is 0.465 e. The first-order chi connectivity index (χ1) is 32.4. The number of carbonyl (C=O) groups is 2. The Morgan fingerprint density at radius 3 is 1.43 bits per heavy atom. The van der Waals surface area contributed by atoms with Crippen LogP contribution in [0.5, 0.6) is 0 Å². The number of aromatic nitrogens is 4. The Balaban J connectivity index is 0.000000119. The Labute approximate surface area is 433 Å². The molecule has 0 spiro atoms. The molecule has 12 heterocycles. The number of nitrogens with zero attached hydrogens (tertiary/aromatic N) is 7. The van der Waals surface area contributed by atoms with Crippen LogP contribution in [0.3, 0.4) is 0 Å². The third kappa shape index (κ3) is 8.88. The first kappa shape index (κ1) is 48.3. The van der Waals surface area contributed by atoms with Crippen molar-refractivity contribution in [1.82, 2.24) is 18.3 Å². The lowest BCUT2D eigenvalue weighted by Crippen LogP contribution is -2.24. The van der Waals surface area contributed by atoms with Gasteiger partial charge in [0.05, 0.1) is 107 Å². The van der Waals surface area contributed by atoms with Gasteiger partial charge in [-0.05, 0) is 107 Å². The van der Waals surface area contributed by atoms with Crippen LogP contribution >= 0.6 is 107 Å². The number of thiophene rings is 8. The highest BCUT2D eigenvalue weighted by Gasteiger charge is 2.22. The van der Waals surface area contributed by atoms with Gasteiger partial charge in [0.25, 0.3) is 5.70 Å². The summed E-state index contributed by atoms with van der Waals surface area (Å²) in [4.78, 5) is 32.3. The fourth-order valence-corrected chi connectivity index (χ4v) is 17.2. The molecule has 0 saturated heterocycles. The minimum Gasteiger partial charge on any atom is -0.465 e. The van der Waals surface area contributed by atoms with Gasteiger partial charge in [0.1, 0.15) is 5.60 Å². The summed E-state index contributed by atoms with van der Waals surface area (Å²) in [6, 6.07) is 17.1. The Morgan fingerprint density at radius 1 is 0.588 bits per heavy atom. The molecule has 68 heavy (non-hydrogen) atoms. The number of hydrogen-bond acceptors (Lipinski definition) is 13. The van der Waals surface area contributed by atoms with Crippen molar-refractivity contribution in [3.05, 3.63) is 95.3 Å². The SMILES string of the molecule is CN(C)c1cc2c(s1)c1sc(C=O)cc1n2C.Cn1c2ccsc2c2sc(Br)cc21.Cn1c2ccsc2c2sccc21.[C-]#[N+]/C(=C\c1cc2c(s1)c1sc(N(C)C)cc1n2C)C(=O)OC(C)(C)C. The maximum atomic E-state index is 12.2. The van der Waals surface area contributed by atoms with E-state index in [2.05, 4.69) is 123 Å². The summed E-state index contributed by atoms with van der Waals surface area (Å²) in [6.45, 7) is 12.7. The van der Waals surface area contributed by atoms with Crippen LogP contribution in [0.25, 0.3) is 92.7 Å². The van der Waals surface area contributed by atoms with E-state index in [0.717, 1.165) is 27.1 Å². The van der Waals surface area contributed by atoms with E-state index in [0.29, 0.717) is 0 Å². The van der Waals surface area contributed by atoms with Crippen LogP contribution in [0.2, 0.25) is 0 Å². The van der Waals surface area contributed by atoms with E-state index in [1.54, 1.807) is 72.2 Å². The van der Waals surface area contributed by atoms with Crippen molar-refractivity contribution in [3.63, 3.8) is 0 Å². The number of halogens is 1. The smallest absolute Gasteiger partial charge is 0.336 e. The number of ether oxygens (including phenoxy) is 1. The lowest BCUT2D eigenvalue weighted by Gasteiger charge is -2.19. The predicted octanol–water partition coefficient (Wildman–Crippen LogP) is 16.1. The standard InChI is InChI=1S/C19H21N3O2S2.C12H12N2OS2.C9H6BrNS2.C9H7NS2/c1-19(2,3)24-18(23)12(20-4)8-11-9-13-16(25-11)17-14(22(13)7)10-15(26-17)21(5)6;1-13(2)10-5-9-12(17-10)11-8(14(9)3)4-7(6-15)16-11;1-11-5-2-3-12-8(5)9-6(11)4-7(10)13-9;1-10-6-2-4-11-8(6)9-7(10)3-5-12-9/h8-10H,1-3,5-7H3;4-6H,1-3H3;2-4H,1H3;2-5H,1H3/b12-8-;;;. The first-order valence-electron chi connectivity index (χ1n) is 21.0. The summed E-state index contributed by atoms with van der Waals surface area (Å²) in [5.74, 6) is -0.582. The highest BCUT2D eigenvalue weighted by atomic mass is 79.9. The van der Waals surface area contributed by atoms with Crippen LogP contribution in [0.1, 0.15) is 35.3 Å². The van der Waals surface area contributed by atoms with E-state index in [1.807, 2.05) is 92.7 Å². The molecule has 0 aromatic carbocycles. The fourth-order valence-electron chi connectivity index (χ4n) is 7.85. The van der Waals surface area contributed by atoms with Crippen LogP contribution in [-0.2, 0) is 37.7 Å². The minimum absolute atomic E-state index is 0.00267. The maximum Gasteiger partial charge on any atom is 0.336 e. The zero-order chi connectivity index (χ0) is 48.5. The lowest BCUT2D eigenvalue weighted by molar-refractivity contribution is -0.149. The molecule has 0 N–H and O–H groups in total. The van der Waals surface area contributed by atoms with Gasteiger partial charge in [-0.3, -0.25) is 9.59 Å². The minimum atomic E-state index is -0.618. The van der Waals surface area contributed by atoms with E-state index in [4.69, 9.17) is 11.3 Å². The highest BCUT2D eigenvalue weighted by Crippen LogP contribution is 2.44. The lowest BCUT2D eigenvalue weighted by atomic mass is 10.2. The second-order valence-corrected chi connectivity index (χ2v) is 26.7. The molecule has 350 valence electrons. The number of aryl methyl sites for hydroxylation is 4. The molecule has 0 aliphatic heterocycles. The van der Waals surface area contributed by atoms with E-state index in [-0.39, 0.29) is 5.70 Å². The molecule has 0 aliphatic carbocycles. The Kier molecular flexibility index (Phi) is 13.4. The number of aldehydes is 1. The van der Waals surface area contributed by atoms with E-state index < -0.39 is 11.6 Å². The number of esters is 1. The molecule has 0 unspecified atom stereocenters. The molecule has 0 bridgehead atoms. The monoisotopic (exact) mass is 1120 g/mol. The maximum absolute atomic E-state index is 12.2. The van der Waals surface area contributed by atoms with Gasteiger partial charge in [-0.25, -0.2) is 4.85 Å². The first-order valence-corrected chi connectivity index (χ1v) is 28.5. The zero-order valence-corrected chi connectivity index (χ0v) is 47.1. The summed E-state index contributed by atoms with van der Waals surface area (Å²) in [5, 5.41) is 8.91. The van der Waals surface area contributed by atoms with E-state index in [9.17, 15) is 9.59 Å². The summed E-state index contributed by atoms with van der Waals surface area (Å²) in [5.41, 5.74) is 9.51. The van der Waals surface area contributed by atoms with E-state index in [1.165, 1.54) is 84.5 Å². The van der Waals surface area contributed by atoms with Crippen molar-refractivity contribution in [1.29, 1.82) is 0 Å². The summed E-state index contributed by atoms with van der Waals surface area (Å²) >= 11 is 17.5. The summed E-state index contributed by atoms with van der Waals surface area (Å²) < 4.78 is 26.0. The summed E-state index contributed by atoms with van der Waals surface area (Å²) in [6.07, 6.45) is 2.55. The average molecular weight is 1120 g/mol. The number of hydrogen-bond donors (Lipinski definition) is 0. The molecule has 0 amide bonds. The second-order valence-electron chi connectivity index (χ2n) is 17.3. The van der Waals surface area contributed by atoms with Crippen molar-refractivity contribution in [3.8, 4) is 0 Å². The second kappa shape index (κ2) is 18.9. The topological polar surface area (TPSA) is 73.9 Å². The van der Waals surface area contributed by atoms with Gasteiger partial charge in [0.2, 0.25) is 0 Å². The Hall–Kier alpha value is -4.75. The summed E-state index contributed by atoms with van der Waals surface area (Å²) in [7, 11) is 16.5. The molecule has 12 aromatic heterocycles. The molecule has 12 rings (SSSR count). The van der Waals surface area contributed by atoms with Gasteiger partial charge in [0.15, 0.2) is 6.29 Å².